The van der Waals surface area contributed by atoms with E-state index in [0.717, 1.165) is 12.5 Å². The molecule has 1 unspecified atom stereocenters. The van der Waals surface area contributed by atoms with E-state index in [9.17, 15) is 0 Å². The maximum absolute atomic E-state index is 4.22. The van der Waals surface area contributed by atoms with Gasteiger partial charge < -0.3 is 5.32 Å². The molecular formula is C12H19N5. The first-order valence-electron chi connectivity index (χ1n) is 6.42. The van der Waals surface area contributed by atoms with Crippen LogP contribution in [0.5, 0.6) is 0 Å². The van der Waals surface area contributed by atoms with Crippen LogP contribution in [0.1, 0.15) is 19.8 Å². The molecular weight excluding hydrogens is 214 g/mol. The van der Waals surface area contributed by atoms with Gasteiger partial charge in [0.15, 0.2) is 0 Å². The van der Waals surface area contributed by atoms with Gasteiger partial charge in [0.25, 0.3) is 0 Å². The van der Waals surface area contributed by atoms with Crippen LogP contribution in [0.25, 0.3) is 0 Å². The van der Waals surface area contributed by atoms with E-state index in [0.29, 0.717) is 18.0 Å². The van der Waals surface area contributed by atoms with Crippen molar-refractivity contribution in [3.8, 4) is 0 Å². The number of hydrogen-bond acceptors (Lipinski definition) is 5. The number of nitrogens with one attached hydrogen (secondary N) is 2. The summed E-state index contributed by atoms with van der Waals surface area (Å²) in [5, 5.41) is 5.88. The van der Waals surface area contributed by atoms with Crippen molar-refractivity contribution in [2.24, 2.45) is 5.92 Å². The lowest BCUT2D eigenvalue weighted by molar-refractivity contribution is 0.256. The lowest BCUT2D eigenvalue weighted by Crippen LogP contribution is -2.38. The first kappa shape index (κ1) is 10.9. The van der Waals surface area contributed by atoms with Crippen molar-refractivity contribution in [2.45, 2.75) is 31.8 Å². The van der Waals surface area contributed by atoms with Crippen LogP contribution in [-0.2, 0) is 0 Å². The predicted octanol–water partition coefficient (Wildman–Crippen LogP) is 0.876. The highest BCUT2D eigenvalue weighted by Crippen LogP contribution is 2.32. The summed E-state index contributed by atoms with van der Waals surface area (Å²) in [5.41, 5.74) is 3.34. The van der Waals surface area contributed by atoms with Gasteiger partial charge in [0.1, 0.15) is 0 Å². The quantitative estimate of drug-likeness (QED) is 0.811. The van der Waals surface area contributed by atoms with Crippen LogP contribution in [0.4, 0.5) is 5.95 Å². The Morgan fingerprint density at radius 3 is 3.06 bits per heavy atom. The maximum atomic E-state index is 4.22. The third-order valence-corrected chi connectivity index (χ3v) is 3.92. The zero-order chi connectivity index (χ0) is 11.7. The average molecular weight is 233 g/mol. The van der Waals surface area contributed by atoms with E-state index < -0.39 is 0 Å². The number of nitrogens with zero attached hydrogens (tertiary/aromatic N) is 3. The van der Waals surface area contributed by atoms with Crippen molar-refractivity contribution < 1.29 is 0 Å². The molecule has 3 atom stereocenters. The third kappa shape index (κ3) is 2.00. The number of anilines is 1. The first-order chi connectivity index (χ1) is 8.38. The molecule has 0 amide bonds. The minimum absolute atomic E-state index is 0.596. The van der Waals surface area contributed by atoms with E-state index in [4.69, 9.17) is 0 Å². The van der Waals surface area contributed by atoms with Crippen LogP contribution in [0, 0.1) is 5.92 Å². The molecule has 2 aliphatic heterocycles. The Labute approximate surface area is 102 Å². The third-order valence-electron chi connectivity index (χ3n) is 3.92. The monoisotopic (exact) mass is 233 g/mol. The molecule has 92 valence electrons. The molecule has 3 rings (SSSR count). The summed E-state index contributed by atoms with van der Waals surface area (Å²) >= 11 is 0. The summed E-state index contributed by atoms with van der Waals surface area (Å²) in [7, 11) is 0. The van der Waals surface area contributed by atoms with E-state index in [1.807, 2.05) is 6.07 Å². The van der Waals surface area contributed by atoms with Gasteiger partial charge in [0.05, 0.1) is 0 Å². The summed E-state index contributed by atoms with van der Waals surface area (Å²) in [6, 6.07) is 3.07. The van der Waals surface area contributed by atoms with Crippen molar-refractivity contribution in [2.75, 3.05) is 18.5 Å². The Morgan fingerprint density at radius 2 is 2.29 bits per heavy atom. The highest BCUT2D eigenvalue weighted by molar-refractivity contribution is 5.22. The van der Waals surface area contributed by atoms with Gasteiger partial charge in [0.2, 0.25) is 5.95 Å². The minimum atomic E-state index is 0.596. The normalized spacial score (nSPS) is 32.6. The number of hydrazine groups is 1. The number of hydrogen-bond donors (Lipinski definition) is 2. The Balaban J connectivity index is 1.71. The Hall–Kier alpha value is -1.20. The summed E-state index contributed by atoms with van der Waals surface area (Å²) < 4.78 is 0. The first-order valence-corrected chi connectivity index (χ1v) is 6.42. The van der Waals surface area contributed by atoms with E-state index in [-0.39, 0.29) is 0 Å². The Kier molecular flexibility index (Phi) is 2.94. The fourth-order valence-corrected chi connectivity index (χ4v) is 3.16. The molecule has 2 fully saturated rings. The van der Waals surface area contributed by atoms with Gasteiger partial charge in [-0.25, -0.2) is 15.0 Å². The van der Waals surface area contributed by atoms with E-state index in [1.165, 1.54) is 19.4 Å². The highest BCUT2D eigenvalue weighted by Gasteiger charge is 2.43. The second-order valence-electron chi connectivity index (χ2n) is 4.83. The molecule has 1 aromatic rings. The van der Waals surface area contributed by atoms with Crippen molar-refractivity contribution >= 4 is 5.95 Å². The zero-order valence-electron chi connectivity index (χ0n) is 10.1. The molecule has 0 spiro atoms. The smallest absolute Gasteiger partial charge is 0.237 e. The Bertz CT molecular complexity index is 368. The van der Waals surface area contributed by atoms with Crippen LogP contribution < -0.4 is 10.7 Å². The molecule has 0 bridgehead atoms. The van der Waals surface area contributed by atoms with Gasteiger partial charge in [-0.05, 0) is 31.4 Å². The second-order valence-corrected chi connectivity index (χ2v) is 4.83. The highest BCUT2D eigenvalue weighted by atomic mass is 15.6. The molecule has 17 heavy (non-hydrogen) atoms. The van der Waals surface area contributed by atoms with Crippen LogP contribution in [0.3, 0.4) is 0 Å². The molecule has 5 nitrogen and oxygen atoms in total. The lowest BCUT2D eigenvalue weighted by Gasteiger charge is -2.26. The van der Waals surface area contributed by atoms with E-state index >= 15 is 0 Å². The molecule has 2 N–H and O–H groups in total. The number of fused-ring (bicyclic) bond motifs is 1. The fourth-order valence-electron chi connectivity index (χ4n) is 3.16. The molecule has 2 saturated heterocycles. The van der Waals surface area contributed by atoms with Crippen molar-refractivity contribution in [1.29, 1.82) is 0 Å². The van der Waals surface area contributed by atoms with Gasteiger partial charge in [0, 0.05) is 31.0 Å². The van der Waals surface area contributed by atoms with E-state index in [2.05, 4.69) is 32.6 Å². The number of rotatable bonds is 3. The molecule has 0 saturated carbocycles. The average Bonchev–Trinajstić information content (AvgIpc) is 2.90. The van der Waals surface area contributed by atoms with Gasteiger partial charge in [-0.2, -0.15) is 0 Å². The standard InChI is InChI=1S/C12H19N5/c1-2-11-9-4-7-13-10(9)8-17(11)16-12-14-5-3-6-15-12/h3,5-6,9-11,13H,2,4,7-8H2,1H3,(H,14,15,16)/t9-,10-,11?/m1/s1. The van der Waals surface area contributed by atoms with Crippen molar-refractivity contribution in [3.63, 3.8) is 0 Å². The van der Waals surface area contributed by atoms with Crippen molar-refractivity contribution in [3.05, 3.63) is 18.5 Å². The molecule has 1 aromatic heterocycles. The molecule has 2 aliphatic rings. The van der Waals surface area contributed by atoms with Crippen LogP contribution in [0.15, 0.2) is 18.5 Å². The van der Waals surface area contributed by atoms with Gasteiger partial charge in [-0.3, -0.25) is 5.43 Å². The molecule has 0 aliphatic carbocycles. The second kappa shape index (κ2) is 4.58. The molecule has 3 heterocycles. The van der Waals surface area contributed by atoms with Gasteiger partial charge in [-0.15, -0.1) is 0 Å². The maximum Gasteiger partial charge on any atom is 0.237 e. The number of aromatic nitrogens is 2. The van der Waals surface area contributed by atoms with Gasteiger partial charge >= 0.3 is 0 Å². The fraction of sp³-hybridized carbons (Fsp3) is 0.667. The van der Waals surface area contributed by atoms with Gasteiger partial charge in [-0.1, -0.05) is 6.92 Å². The van der Waals surface area contributed by atoms with Crippen LogP contribution in [-0.4, -0.2) is 40.2 Å². The van der Waals surface area contributed by atoms with Crippen LogP contribution in [0.2, 0.25) is 0 Å². The van der Waals surface area contributed by atoms with Crippen LogP contribution >= 0.6 is 0 Å². The molecule has 0 aromatic carbocycles. The summed E-state index contributed by atoms with van der Waals surface area (Å²) in [5.74, 6) is 1.47. The minimum Gasteiger partial charge on any atom is -0.312 e. The lowest BCUT2D eigenvalue weighted by atomic mass is 9.95. The predicted molar refractivity (Wildman–Crippen MR) is 66.3 cm³/mol. The summed E-state index contributed by atoms with van der Waals surface area (Å²) in [4.78, 5) is 8.44. The Morgan fingerprint density at radius 1 is 1.47 bits per heavy atom. The zero-order valence-corrected chi connectivity index (χ0v) is 10.1. The largest absolute Gasteiger partial charge is 0.312 e. The summed E-state index contributed by atoms with van der Waals surface area (Å²) in [6.07, 6.45) is 6.00. The SMILES string of the molecule is CCC1[C@@H]2CCN[C@@H]2CN1Nc1ncccn1. The molecule has 5 heteroatoms. The van der Waals surface area contributed by atoms with Crippen molar-refractivity contribution in [1.82, 2.24) is 20.3 Å². The molecule has 0 radical (unpaired) electrons. The topological polar surface area (TPSA) is 53.1 Å². The summed E-state index contributed by atoms with van der Waals surface area (Å²) in [6.45, 7) is 4.47. The van der Waals surface area contributed by atoms with E-state index in [1.54, 1.807) is 12.4 Å².